The summed E-state index contributed by atoms with van der Waals surface area (Å²) in [5.74, 6) is 0. The van der Waals surface area contributed by atoms with Gasteiger partial charge in [-0.05, 0) is 12.8 Å². The lowest BCUT2D eigenvalue weighted by Crippen LogP contribution is -2.26. The van der Waals surface area contributed by atoms with Gasteiger partial charge in [-0.2, -0.15) is 0 Å². The first-order chi connectivity index (χ1) is 6.27. The lowest BCUT2D eigenvalue weighted by atomic mass is 10.3. The van der Waals surface area contributed by atoms with Gasteiger partial charge in [-0.15, -0.1) is 0 Å². The average Bonchev–Trinajstić information content (AvgIpc) is 2.65. The Balaban J connectivity index is 2.01. The number of nitrogens with two attached hydrogens (primary N) is 1. The van der Waals surface area contributed by atoms with Crippen molar-refractivity contribution in [2.45, 2.75) is 35.7 Å². The summed E-state index contributed by atoms with van der Waals surface area (Å²) in [7, 11) is 2.02. The van der Waals surface area contributed by atoms with Gasteiger partial charge in [0, 0.05) is 30.7 Å². The molecule has 1 aliphatic carbocycles. The lowest BCUT2D eigenvalue weighted by Gasteiger charge is -2.13. The van der Waals surface area contributed by atoms with Crippen LogP contribution in [0.3, 0.4) is 0 Å². The van der Waals surface area contributed by atoms with Crippen molar-refractivity contribution in [1.29, 1.82) is 0 Å². The number of thioether (sulfide) groups is 1. The standard InChI is InChI=1S/C9H15N3S/c1-12-6-5-11-9(12)13-8-4-2-3-7(8)10/h5-8H,2-4,10H2,1H3. The van der Waals surface area contributed by atoms with Gasteiger partial charge in [0.1, 0.15) is 0 Å². The fraction of sp³-hybridized carbons (Fsp3) is 0.667. The van der Waals surface area contributed by atoms with E-state index < -0.39 is 0 Å². The summed E-state index contributed by atoms with van der Waals surface area (Å²) < 4.78 is 2.05. The molecule has 1 aliphatic rings. The number of aromatic nitrogens is 2. The normalized spacial score (nSPS) is 28.2. The fourth-order valence-corrected chi connectivity index (χ4v) is 2.92. The first kappa shape index (κ1) is 9.09. The van der Waals surface area contributed by atoms with Crippen molar-refractivity contribution >= 4 is 11.8 Å². The van der Waals surface area contributed by atoms with E-state index in [0.29, 0.717) is 11.3 Å². The van der Waals surface area contributed by atoms with Crippen molar-refractivity contribution in [2.75, 3.05) is 0 Å². The third kappa shape index (κ3) is 1.89. The Labute approximate surface area is 82.7 Å². The van der Waals surface area contributed by atoms with Crippen LogP contribution in [0.25, 0.3) is 0 Å². The van der Waals surface area contributed by atoms with Crippen molar-refractivity contribution in [1.82, 2.24) is 9.55 Å². The second-order valence-electron chi connectivity index (χ2n) is 3.57. The zero-order valence-corrected chi connectivity index (χ0v) is 8.63. The first-order valence-electron chi connectivity index (χ1n) is 4.67. The molecular weight excluding hydrogens is 182 g/mol. The summed E-state index contributed by atoms with van der Waals surface area (Å²) in [6, 6.07) is 0.363. The number of aryl methyl sites for hydroxylation is 1. The monoisotopic (exact) mass is 197 g/mol. The molecule has 72 valence electrons. The van der Waals surface area contributed by atoms with Crippen LogP contribution in [0.2, 0.25) is 0 Å². The van der Waals surface area contributed by atoms with Crippen LogP contribution in [0.5, 0.6) is 0 Å². The SMILES string of the molecule is Cn1ccnc1SC1CCCC1N. The number of nitrogens with zero attached hydrogens (tertiary/aromatic N) is 2. The first-order valence-corrected chi connectivity index (χ1v) is 5.55. The van der Waals surface area contributed by atoms with E-state index in [-0.39, 0.29) is 0 Å². The van der Waals surface area contributed by atoms with E-state index in [1.54, 1.807) is 0 Å². The van der Waals surface area contributed by atoms with Crippen molar-refractivity contribution < 1.29 is 0 Å². The molecule has 1 heterocycles. The molecule has 0 bridgehead atoms. The Hall–Kier alpha value is -0.480. The summed E-state index contributed by atoms with van der Waals surface area (Å²) in [4.78, 5) is 4.28. The van der Waals surface area contributed by atoms with Gasteiger partial charge in [0.2, 0.25) is 0 Å². The zero-order valence-electron chi connectivity index (χ0n) is 7.81. The highest BCUT2D eigenvalue weighted by atomic mass is 32.2. The van der Waals surface area contributed by atoms with Crippen LogP contribution < -0.4 is 5.73 Å². The van der Waals surface area contributed by atoms with E-state index in [0.717, 1.165) is 5.16 Å². The minimum atomic E-state index is 0.363. The third-order valence-electron chi connectivity index (χ3n) is 2.54. The topological polar surface area (TPSA) is 43.8 Å². The van der Waals surface area contributed by atoms with Gasteiger partial charge < -0.3 is 10.3 Å². The largest absolute Gasteiger partial charge is 0.329 e. The highest BCUT2D eigenvalue weighted by Gasteiger charge is 2.25. The number of hydrogen-bond acceptors (Lipinski definition) is 3. The van der Waals surface area contributed by atoms with Gasteiger partial charge in [-0.1, -0.05) is 18.2 Å². The molecule has 0 aromatic carbocycles. The second-order valence-corrected chi connectivity index (χ2v) is 4.78. The Morgan fingerprint density at radius 3 is 3.00 bits per heavy atom. The minimum absolute atomic E-state index is 0.363. The van der Waals surface area contributed by atoms with Crippen LogP contribution in [0.15, 0.2) is 17.6 Å². The molecule has 2 atom stereocenters. The van der Waals surface area contributed by atoms with Gasteiger partial charge in [0.25, 0.3) is 0 Å². The molecular formula is C9H15N3S. The predicted molar refractivity (Wildman–Crippen MR) is 54.7 cm³/mol. The van der Waals surface area contributed by atoms with E-state index in [2.05, 4.69) is 9.55 Å². The molecule has 1 aromatic heterocycles. The number of imidazole rings is 1. The molecule has 0 spiro atoms. The maximum Gasteiger partial charge on any atom is 0.167 e. The van der Waals surface area contributed by atoms with Crippen LogP contribution in [0.4, 0.5) is 0 Å². The minimum Gasteiger partial charge on any atom is -0.329 e. The Bertz CT molecular complexity index is 284. The highest BCUT2D eigenvalue weighted by molar-refractivity contribution is 7.99. The fourth-order valence-electron chi connectivity index (χ4n) is 1.70. The molecule has 0 aliphatic heterocycles. The average molecular weight is 197 g/mol. The Morgan fingerprint density at radius 1 is 1.62 bits per heavy atom. The molecule has 2 N–H and O–H groups in total. The summed E-state index contributed by atoms with van der Waals surface area (Å²) in [5, 5.41) is 1.66. The molecule has 0 saturated heterocycles. The molecule has 2 unspecified atom stereocenters. The van der Waals surface area contributed by atoms with E-state index >= 15 is 0 Å². The van der Waals surface area contributed by atoms with Gasteiger partial charge >= 0.3 is 0 Å². The third-order valence-corrected chi connectivity index (χ3v) is 4.03. The number of rotatable bonds is 2. The summed E-state index contributed by atoms with van der Waals surface area (Å²) in [6.45, 7) is 0. The molecule has 1 saturated carbocycles. The maximum atomic E-state index is 5.99. The predicted octanol–water partition coefficient (Wildman–Crippen LogP) is 1.39. The molecule has 3 nitrogen and oxygen atoms in total. The molecule has 13 heavy (non-hydrogen) atoms. The molecule has 0 radical (unpaired) electrons. The van der Waals surface area contributed by atoms with Crippen LogP contribution in [-0.2, 0) is 7.05 Å². The van der Waals surface area contributed by atoms with Gasteiger partial charge in [-0.3, -0.25) is 0 Å². The van der Waals surface area contributed by atoms with Crippen LogP contribution in [0.1, 0.15) is 19.3 Å². The second kappa shape index (κ2) is 3.72. The summed E-state index contributed by atoms with van der Waals surface area (Å²) in [5.41, 5.74) is 5.99. The number of hydrogen-bond donors (Lipinski definition) is 1. The molecule has 2 rings (SSSR count). The van der Waals surface area contributed by atoms with Gasteiger partial charge in [0.05, 0.1) is 0 Å². The molecule has 1 aromatic rings. The van der Waals surface area contributed by atoms with Gasteiger partial charge in [0.15, 0.2) is 5.16 Å². The summed E-state index contributed by atoms with van der Waals surface area (Å²) in [6.07, 6.45) is 7.48. The van der Waals surface area contributed by atoms with Crippen molar-refractivity contribution in [3.8, 4) is 0 Å². The Kier molecular flexibility index (Phi) is 2.60. The Morgan fingerprint density at radius 2 is 2.46 bits per heavy atom. The van der Waals surface area contributed by atoms with E-state index in [4.69, 9.17) is 5.73 Å². The molecule has 4 heteroatoms. The van der Waals surface area contributed by atoms with Gasteiger partial charge in [-0.25, -0.2) is 4.98 Å². The van der Waals surface area contributed by atoms with E-state index in [1.165, 1.54) is 19.3 Å². The summed E-state index contributed by atoms with van der Waals surface area (Å²) >= 11 is 1.82. The van der Waals surface area contributed by atoms with Crippen LogP contribution >= 0.6 is 11.8 Å². The van der Waals surface area contributed by atoms with Crippen molar-refractivity contribution in [3.63, 3.8) is 0 Å². The van der Waals surface area contributed by atoms with Crippen molar-refractivity contribution in [3.05, 3.63) is 12.4 Å². The van der Waals surface area contributed by atoms with E-state index in [1.807, 2.05) is 31.2 Å². The van der Waals surface area contributed by atoms with Crippen LogP contribution in [0, 0.1) is 0 Å². The molecule has 0 amide bonds. The van der Waals surface area contributed by atoms with Crippen molar-refractivity contribution in [2.24, 2.45) is 12.8 Å². The smallest absolute Gasteiger partial charge is 0.167 e. The lowest BCUT2D eigenvalue weighted by molar-refractivity contribution is 0.708. The maximum absolute atomic E-state index is 5.99. The zero-order chi connectivity index (χ0) is 9.26. The van der Waals surface area contributed by atoms with E-state index in [9.17, 15) is 0 Å². The van der Waals surface area contributed by atoms with Crippen LogP contribution in [-0.4, -0.2) is 20.8 Å². The highest BCUT2D eigenvalue weighted by Crippen LogP contribution is 2.32. The quantitative estimate of drug-likeness (QED) is 0.779. The molecule has 1 fully saturated rings.